The van der Waals surface area contributed by atoms with E-state index < -0.39 is 24.0 Å². The third-order valence-electron chi connectivity index (χ3n) is 7.61. The second kappa shape index (κ2) is 10.4. The standard InChI is InChI=1S/C27H32F3N7O/c1-36-8-5-16(6-9-36)17-2-3-18-10-21(32)25(34-22(18)11-17)26(38)35-23-13-33-7-4-24(23)37-14-19(27(28,29)30)12-20(31)15-37/h2-4,7,10-11,13,16,19-20H,5-6,8-9,12,14-15,31-32H2,1H3,(H,35,38)/t19-,20?/m1/s1. The smallest absolute Gasteiger partial charge is 0.393 e. The highest BCUT2D eigenvalue weighted by Crippen LogP contribution is 2.37. The third kappa shape index (κ3) is 5.53. The fourth-order valence-corrected chi connectivity index (χ4v) is 5.49. The summed E-state index contributed by atoms with van der Waals surface area (Å²) >= 11 is 0. The van der Waals surface area contributed by atoms with Crippen molar-refractivity contribution in [1.82, 2.24) is 14.9 Å². The molecular formula is C27H32F3N7O. The topological polar surface area (TPSA) is 113 Å². The molecule has 3 aromatic rings. The Morgan fingerprint density at radius 3 is 2.63 bits per heavy atom. The number of hydrogen-bond acceptors (Lipinski definition) is 7. The number of nitrogens with two attached hydrogens (primary N) is 2. The minimum Gasteiger partial charge on any atom is -0.397 e. The molecule has 0 radical (unpaired) electrons. The molecule has 0 saturated carbocycles. The highest BCUT2D eigenvalue weighted by Gasteiger charge is 2.44. The Kier molecular flexibility index (Phi) is 7.15. The minimum atomic E-state index is -4.36. The van der Waals surface area contributed by atoms with Crippen LogP contribution in [-0.2, 0) is 0 Å². The minimum absolute atomic E-state index is 0.0522. The Morgan fingerprint density at radius 1 is 1.13 bits per heavy atom. The van der Waals surface area contributed by atoms with Gasteiger partial charge in [0, 0.05) is 30.7 Å². The number of piperidine rings is 2. The van der Waals surface area contributed by atoms with Crippen LogP contribution in [0.15, 0.2) is 42.7 Å². The molecule has 2 atom stereocenters. The number of aromatic nitrogens is 2. The van der Waals surface area contributed by atoms with E-state index in [1.807, 2.05) is 12.1 Å². The van der Waals surface area contributed by atoms with Crippen molar-refractivity contribution < 1.29 is 18.0 Å². The average molecular weight is 528 g/mol. The van der Waals surface area contributed by atoms with Gasteiger partial charge in [0.15, 0.2) is 5.69 Å². The van der Waals surface area contributed by atoms with Crippen LogP contribution in [0.1, 0.15) is 41.2 Å². The number of benzene rings is 1. The van der Waals surface area contributed by atoms with Crippen LogP contribution in [-0.4, -0.2) is 66.2 Å². The molecule has 11 heteroatoms. The van der Waals surface area contributed by atoms with Gasteiger partial charge in [-0.1, -0.05) is 12.1 Å². The molecule has 8 nitrogen and oxygen atoms in total. The van der Waals surface area contributed by atoms with E-state index in [4.69, 9.17) is 11.5 Å². The fourth-order valence-electron chi connectivity index (χ4n) is 5.49. The van der Waals surface area contributed by atoms with E-state index in [1.54, 1.807) is 17.0 Å². The number of amides is 1. The van der Waals surface area contributed by atoms with Crippen LogP contribution in [0.4, 0.5) is 30.2 Å². The van der Waals surface area contributed by atoms with E-state index in [0.717, 1.165) is 31.3 Å². The van der Waals surface area contributed by atoms with Crippen LogP contribution in [0.3, 0.4) is 0 Å². The zero-order chi connectivity index (χ0) is 27.0. The van der Waals surface area contributed by atoms with Gasteiger partial charge in [-0.25, -0.2) is 4.98 Å². The summed E-state index contributed by atoms with van der Waals surface area (Å²) in [4.78, 5) is 25.8. The number of anilines is 3. The van der Waals surface area contributed by atoms with E-state index in [1.165, 1.54) is 18.0 Å². The predicted molar refractivity (Wildman–Crippen MR) is 142 cm³/mol. The summed E-state index contributed by atoms with van der Waals surface area (Å²) in [5, 5.41) is 3.60. The first-order valence-corrected chi connectivity index (χ1v) is 12.8. The number of nitrogens with zero attached hydrogens (tertiary/aromatic N) is 4. The van der Waals surface area contributed by atoms with Gasteiger partial charge >= 0.3 is 6.18 Å². The van der Waals surface area contributed by atoms with Crippen LogP contribution in [0.2, 0.25) is 0 Å². The zero-order valence-corrected chi connectivity index (χ0v) is 21.2. The molecule has 1 amide bonds. The number of pyridine rings is 2. The quantitative estimate of drug-likeness (QED) is 0.470. The van der Waals surface area contributed by atoms with Gasteiger partial charge in [0.1, 0.15) is 0 Å². The molecule has 5 N–H and O–H groups in total. The van der Waals surface area contributed by atoms with E-state index in [2.05, 4.69) is 33.3 Å². The Hall–Kier alpha value is -3.44. The molecule has 2 aliphatic rings. The first-order valence-electron chi connectivity index (χ1n) is 12.8. The molecule has 1 unspecified atom stereocenters. The van der Waals surface area contributed by atoms with Crippen molar-refractivity contribution in [3.63, 3.8) is 0 Å². The van der Waals surface area contributed by atoms with E-state index in [9.17, 15) is 18.0 Å². The van der Waals surface area contributed by atoms with Gasteiger partial charge in [-0.05, 0) is 69.1 Å². The zero-order valence-electron chi connectivity index (χ0n) is 21.2. The summed E-state index contributed by atoms with van der Waals surface area (Å²) in [6, 6.07) is 8.74. The summed E-state index contributed by atoms with van der Waals surface area (Å²) in [5.74, 6) is -1.68. The van der Waals surface area contributed by atoms with Gasteiger partial charge in [-0.15, -0.1) is 0 Å². The molecule has 2 fully saturated rings. The van der Waals surface area contributed by atoms with Crippen molar-refractivity contribution in [2.45, 2.75) is 37.4 Å². The number of hydrogen-bond donors (Lipinski definition) is 3. The molecule has 38 heavy (non-hydrogen) atoms. The number of rotatable bonds is 4. The number of likely N-dealkylation sites (tertiary alicyclic amines) is 1. The van der Waals surface area contributed by atoms with Crippen LogP contribution in [0, 0.1) is 5.92 Å². The van der Waals surface area contributed by atoms with Crippen LogP contribution < -0.4 is 21.7 Å². The molecule has 4 heterocycles. The lowest BCUT2D eigenvalue weighted by molar-refractivity contribution is -0.177. The Balaban J connectivity index is 1.40. The molecule has 1 aromatic carbocycles. The number of fused-ring (bicyclic) bond motifs is 1. The molecular weight excluding hydrogens is 495 g/mol. The molecule has 5 rings (SSSR count). The largest absolute Gasteiger partial charge is 0.397 e. The van der Waals surface area contributed by atoms with Gasteiger partial charge in [-0.3, -0.25) is 9.78 Å². The lowest BCUT2D eigenvalue weighted by Crippen LogP contribution is -2.51. The third-order valence-corrected chi connectivity index (χ3v) is 7.61. The monoisotopic (exact) mass is 527 g/mol. The number of halogens is 3. The first kappa shape index (κ1) is 26.2. The van der Waals surface area contributed by atoms with Gasteiger partial charge in [-0.2, -0.15) is 13.2 Å². The maximum Gasteiger partial charge on any atom is 0.393 e. The van der Waals surface area contributed by atoms with E-state index >= 15 is 0 Å². The van der Waals surface area contributed by atoms with Crippen LogP contribution in [0.25, 0.3) is 10.9 Å². The van der Waals surface area contributed by atoms with Crippen molar-refractivity contribution >= 4 is 33.9 Å². The molecule has 2 aromatic heterocycles. The average Bonchev–Trinajstić information content (AvgIpc) is 2.88. The predicted octanol–water partition coefficient (Wildman–Crippen LogP) is 3.99. The summed E-state index contributed by atoms with van der Waals surface area (Å²) in [7, 11) is 2.12. The molecule has 2 aliphatic heterocycles. The molecule has 0 spiro atoms. The Labute approximate surface area is 219 Å². The number of carbonyl (C=O) groups excluding carboxylic acids is 1. The highest BCUT2D eigenvalue weighted by molar-refractivity contribution is 6.09. The maximum absolute atomic E-state index is 13.5. The summed E-state index contributed by atoms with van der Waals surface area (Å²) in [6.07, 6.45) is 0.506. The van der Waals surface area contributed by atoms with Gasteiger partial charge in [0.2, 0.25) is 0 Å². The van der Waals surface area contributed by atoms with Crippen molar-refractivity contribution in [1.29, 1.82) is 0 Å². The summed E-state index contributed by atoms with van der Waals surface area (Å²) in [5.41, 5.74) is 15.0. The van der Waals surface area contributed by atoms with Crippen molar-refractivity contribution in [2.75, 3.05) is 49.2 Å². The molecule has 0 aliphatic carbocycles. The fraction of sp³-hybridized carbons (Fsp3) is 0.444. The SMILES string of the molecule is CN1CCC(c2ccc3cc(N)c(C(=O)Nc4cnccc4N4CC(N)C[C@@H](C(F)(F)F)C4)nc3c2)CC1. The van der Waals surface area contributed by atoms with Gasteiger partial charge in [0.25, 0.3) is 5.91 Å². The molecule has 202 valence electrons. The molecule has 0 bridgehead atoms. The van der Waals surface area contributed by atoms with Crippen molar-refractivity contribution in [2.24, 2.45) is 11.7 Å². The van der Waals surface area contributed by atoms with Crippen LogP contribution in [0.5, 0.6) is 0 Å². The number of nitrogens with one attached hydrogen (secondary N) is 1. The van der Waals surface area contributed by atoms with E-state index in [0.29, 0.717) is 17.1 Å². The lowest BCUT2D eigenvalue weighted by Gasteiger charge is -2.39. The highest BCUT2D eigenvalue weighted by atomic mass is 19.4. The Morgan fingerprint density at radius 2 is 1.89 bits per heavy atom. The second-order valence-electron chi connectivity index (χ2n) is 10.4. The van der Waals surface area contributed by atoms with Crippen LogP contribution >= 0.6 is 0 Å². The number of carbonyl (C=O) groups is 1. The van der Waals surface area contributed by atoms with Crippen molar-refractivity contribution in [3.05, 3.63) is 54.0 Å². The normalized spacial score (nSPS) is 21.6. The first-order chi connectivity index (χ1) is 18.1. The second-order valence-corrected chi connectivity index (χ2v) is 10.4. The maximum atomic E-state index is 13.5. The lowest BCUT2D eigenvalue weighted by atomic mass is 9.89. The molecule has 2 saturated heterocycles. The Bertz CT molecular complexity index is 1320. The number of nitrogen functional groups attached to an aromatic ring is 1. The van der Waals surface area contributed by atoms with Gasteiger partial charge in [0.05, 0.1) is 34.7 Å². The van der Waals surface area contributed by atoms with E-state index in [-0.39, 0.29) is 36.6 Å². The summed E-state index contributed by atoms with van der Waals surface area (Å²) in [6.45, 7) is 2.05. The van der Waals surface area contributed by atoms with Crippen molar-refractivity contribution in [3.8, 4) is 0 Å². The number of alkyl halides is 3. The summed E-state index contributed by atoms with van der Waals surface area (Å²) < 4.78 is 40.5. The van der Waals surface area contributed by atoms with Gasteiger partial charge < -0.3 is 26.6 Å².